The summed E-state index contributed by atoms with van der Waals surface area (Å²) >= 11 is 1.22. The third-order valence-corrected chi connectivity index (χ3v) is 5.04. The van der Waals surface area contributed by atoms with E-state index in [9.17, 15) is 14.4 Å². The molecule has 1 aromatic heterocycles. The highest BCUT2D eigenvalue weighted by Crippen LogP contribution is 2.36. The summed E-state index contributed by atoms with van der Waals surface area (Å²) in [5, 5.41) is 4.79. The van der Waals surface area contributed by atoms with Gasteiger partial charge in [-0.2, -0.15) is 0 Å². The third-order valence-electron chi connectivity index (χ3n) is 4.15. The molecule has 2 heterocycles. The number of carbonyl (C=O) groups is 3. The lowest BCUT2D eigenvalue weighted by atomic mass is 10.0. The molecular formula is C20H21NO6S. The average Bonchev–Trinajstić information content (AvgIpc) is 3.37. The fraction of sp³-hybridized carbons (Fsp3) is 0.350. The molecule has 0 radical (unpaired) electrons. The van der Waals surface area contributed by atoms with Crippen molar-refractivity contribution in [2.75, 3.05) is 25.1 Å². The second-order valence-corrected chi connectivity index (χ2v) is 6.98. The molecule has 1 aromatic carbocycles. The highest BCUT2D eigenvalue weighted by atomic mass is 32.1. The maximum absolute atomic E-state index is 12.5. The Hall–Kier alpha value is -2.71. The maximum atomic E-state index is 12.5. The molecule has 1 aliphatic heterocycles. The zero-order valence-electron chi connectivity index (χ0n) is 15.4. The van der Waals surface area contributed by atoms with E-state index in [0.29, 0.717) is 23.6 Å². The van der Waals surface area contributed by atoms with Gasteiger partial charge in [0, 0.05) is 17.6 Å². The molecule has 0 spiro atoms. The molecule has 0 saturated carbocycles. The van der Waals surface area contributed by atoms with Gasteiger partial charge in [-0.1, -0.05) is 30.3 Å². The molecule has 1 N–H and O–H groups in total. The summed E-state index contributed by atoms with van der Waals surface area (Å²) in [6, 6.07) is 9.36. The number of hydrogen-bond donors (Lipinski definition) is 1. The summed E-state index contributed by atoms with van der Waals surface area (Å²) in [5.41, 5.74) is 1.81. The highest BCUT2D eigenvalue weighted by Gasteiger charge is 2.26. The summed E-state index contributed by atoms with van der Waals surface area (Å²) < 4.78 is 15.4. The van der Waals surface area contributed by atoms with E-state index in [-0.39, 0.29) is 12.2 Å². The molecule has 1 atom stereocenters. The van der Waals surface area contributed by atoms with Crippen LogP contribution in [0.25, 0.3) is 11.1 Å². The van der Waals surface area contributed by atoms with Gasteiger partial charge in [0.15, 0.2) is 12.7 Å². The third kappa shape index (κ3) is 4.76. The van der Waals surface area contributed by atoms with Crippen LogP contribution < -0.4 is 5.32 Å². The number of carbonyl (C=O) groups excluding carboxylic acids is 3. The Morgan fingerprint density at radius 2 is 2.00 bits per heavy atom. The highest BCUT2D eigenvalue weighted by molar-refractivity contribution is 7.15. The van der Waals surface area contributed by atoms with Crippen LogP contribution in [-0.2, 0) is 23.8 Å². The van der Waals surface area contributed by atoms with Crippen LogP contribution in [0.15, 0.2) is 35.7 Å². The SMILES string of the molecule is CCOC(=O)c1c(-c2ccccc2)csc1NC(=O)COC(=O)C1CCCO1. The van der Waals surface area contributed by atoms with Gasteiger partial charge in [0.25, 0.3) is 5.91 Å². The van der Waals surface area contributed by atoms with E-state index in [1.54, 1.807) is 12.3 Å². The lowest BCUT2D eigenvalue weighted by Gasteiger charge is -2.11. The zero-order valence-corrected chi connectivity index (χ0v) is 16.3. The number of rotatable bonds is 7. The lowest BCUT2D eigenvalue weighted by molar-refractivity contribution is -0.156. The van der Waals surface area contributed by atoms with Gasteiger partial charge < -0.3 is 19.5 Å². The molecule has 148 valence electrons. The number of anilines is 1. The van der Waals surface area contributed by atoms with Crippen LogP contribution in [0.4, 0.5) is 5.00 Å². The quantitative estimate of drug-likeness (QED) is 0.714. The summed E-state index contributed by atoms with van der Waals surface area (Å²) in [4.78, 5) is 36.6. The maximum Gasteiger partial charge on any atom is 0.341 e. The minimum atomic E-state index is -0.602. The van der Waals surface area contributed by atoms with Gasteiger partial charge in [0.1, 0.15) is 10.6 Å². The smallest absolute Gasteiger partial charge is 0.341 e. The normalized spacial score (nSPS) is 15.8. The van der Waals surface area contributed by atoms with Crippen molar-refractivity contribution in [2.45, 2.75) is 25.9 Å². The van der Waals surface area contributed by atoms with E-state index in [1.807, 2.05) is 30.3 Å². The molecule has 8 heteroatoms. The molecule has 1 amide bonds. The Balaban J connectivity index is 1.72. The summed E-state index contributed by atoms with van der Waals surface area (Å²) in [6.45, 7) is 2.01. The van der Waals surface area contributed by atoms with Crippen molar-refractivity contribution in [3.63, 3.8) is 0 Å². The Labute approximate surface area is 166 Å². The predicted octanol–water partition coefficient (Wildman–Crippen LogP) is 3.25. The van der Waals surface area contributed by atoms with E-state index in [0.717, 1.165) is 12.0 Å². The molecular weight excluding hydrogens is 382 g/mol. The number of amides is 1. The number of hydrogen-bond acceptors (Lipinski definition) is 7. The van der Waals surface area contributed by atoms with Crippen LogP contribution in [0.3, 0.4) is 0 Å². The first-order valence-electron chi connectivity index (χ1n) is 9.02. The number of thiophene rings is 1. The van der Waals surface area contributed by atoms with Gasteiger partial charge in [0.05, 0.1) is 6.61 Å². The Bertz CT molecular complexity index is 842. The fourth-order valence-electron chi connectivity index (χ4n) is 2.84. The zero-order chi connectivity index (χ0) is 19.9. The molecule has 0 aliphatic carbocycles. The number of nitrogens with one attached hydrogen (secondary N) is 1. The van der Waals surface area contributed by atoms with E-state index in [4.69, 9.17) is 14.2 Å². The van der Waals surface area contributed by atoms with Crippen molar-refractivity contribution in [1.82, 2.24) is 0 Å². The van der Waals surface area contributed by atoms with Gasteiger partial charge in [0.2, 0.25) is 0 Å². The minimum Gasteiger partial charge on any atom is -0.462 e. The molecule has 1 saturated heterocycles. The lowest BCUT2D eigenvalue weighted by Crippen LogP contribution is -2.27. The van der Waals surface area contributed by atoms with Crippen LogP contribution in [0, 0.1) is 0 Å². The van der Waals surface area contributed by atoms with Crippen LogP contribution in [0.2, 0.25) is 0 Å². The topological polar surface area (TPSA) is 90.9 Å². The van der Waals surface area contributed by atoms with Crippen molar-refractivity contribution in [1.29, 1.82) is 0 Å². The standard InChI is InChI=1S/C20H21NO6S/c1-2-25-20(24)17-14(13-7-4-3-5-8-13)12-28-18(17)21-16(22)11-27-19(23)15-9-6-10-26-15/h3-5,7-8,12,15H,2,6,9-11H2,1H3,(H,21,22). The first-order valence-corrected chi connectivity index (χ1v) is 9.90. The summed E-state index contributed by atoms with van der Waals surface area (Å²) in [5.74, 6) is -1.60. The Morgan fingerprint density at radius 1 is 1.21 bits per heavy atom. The molecule has 7 nitrogen and oxygen atoms in total. The van der Waals surface area contributed by atoms with E-state index < -0.39 is 30.6 Å². The Morgan fingerprint density at radius 3 is 2.68 bits per heavy atom. The molecule has 0 bridgehead atoms. The molecule has 28 heavy (non-hydrogen) atoms. The van der Waals surface area contributed by atoms with Crippen LogP contribution in [0.5, 0.6) is 0 Å². The Kier molecular flexibility index (Phi) is 6.78. The minimum absolute atomic E-state index is 0.218. The molecule has 1 unspecified atom stereocenters. The second-order valence-electron chi connectivity index (χ2n) is 6.10. The monoisotopic (exact) mass is 403 g/mol. The van der Waals surface area contributed by atoms with Crippen LogP contribution >= 0.6 is 11.3 Å². The van der Waals surface area contributed by atoms with Gasteiger partial charge in [-0.05, 0) is 25.3 Å². The van der Waals surface area contributed by atoms with Crippen molar-refractivity contribution in [3.8, 4) is 11.1 Å². The van der Waals surface area contributed by atoms with E-state index in [1.165, 1.54) is 11.3 Å². The number of esters is 2. The second kappa shape index (κ2) is 9.48. The van der Waals surface area contributed by atoms with Crippen molar-refractivity contribution in [2.24, 2.45) is 0 Å². The first kappa shape index (κ1) is 20.0. The van der Waals surface area contributed by atoms with Crippen molar-refractivity contribution >= 4 is 34.2 Å². The predicted molar refractivity (Wildman–Crippen MR) is 104 cm³/mol. The molecule has 1 fully saturated rings. The summed E-state index contributed by atoms with van der Waals surface area (Å²) in [6.07, 6.45) is 0.792. The van der Waals surface area contributed by atoms with Crippen LogP contribution in [0.1, 0.15) is 30.1 Å². The van der Waals surface area contributed by atoms with Crippen molar-refractivity contribution < 1.29 is 28.6 Å². The van der Waals surface area contributed by atoms with Gasteiger partial charge in [-0.3, -0.25) is 4.79 Å². The van der Waals surface area contributed by atoms with Gasteiger partial charge in [-0.15, -0.1) is 11.3 Å². The first-order chi connectivity index (χ1) is 13.6. The van der Waals surface area contributed by atoms with Gasteiger partial charge in [-0.25, -0.2) is 9.59 Å². The molecule has 3 rings (SSSR count). The van der Waals surface area contributed by atoms with E-state index in [2.05, 4.69) is 5.32 Å². The van der Waals surface area contributed by atoms with Crippen molar-refractivity contribution in [3.05, 3.63) is 41.3 Å². The average molecular weight is 403 g/mol. The largest absolute Gasteiger partial charge is 0.462 e. The number of benzene rings is 1. The van der Waals surface area contributed by atoms with Gasteiger partial charge >= 0.3 is 11.9 Å². The molecule has 1 aliphatic rings. The molecule has 2 aromatic rings. The van der Waals surface area contributed by atoms with Crippen LogP contribution in [-0.4, -0.2) is 43.8 Å². The fourth-order valence-corrected chi connectivity index (χ4v) is 3.82. The summed E-state index contributed by atoms with van der Waals surface area (Å²) in [7, 11) is 0. The number of ether oxygens (including phenoxy) is 3. The van der Waals surface area contributed by atoms with E-state index >= 15 is 0 Å².